The van der Waals surface area contributed by atoms with Crippen LogP contribution in [0.4, 0.5) is 0 Å². The quantitative estimate of drug-likeness (QED) is 0.834. The van der Waals surface area contributed by atoms with Crippen LogP contribution in [-0.4, -0.2) is 19.1 Å². The Hall–Kier alpha value is -1.39. The van der Waals surface area contributed by atoms with Crippen molar-refractivity contribution >= 4 is 5.91 Å². The summed E-state index contributed by atoms with van der Waals surface area (Å²) >= 11 is 0. The third-order valence-electron chi connectivity index (χ3n) is 3.67. The summed E-state index contributed by atoms with van der Waals surface area (Å²) in [5, 5.41) is 6.31. The van der Waals surface area contributed by atoms with Gasteiger partial charge in [-0.05, 0) is 23.1 Å². The highest BCUT2D eigenvalue weighted by atomic mass is 16.5. The molecule has 4 nitrogen and oxygen atoms in total. The highest BCUT2D eigenvalue weighted by Gasteiger charge is 2.23. The van der Waals surface area contributed by atoms with Gasteiger partial charge in [0.15, 0.2) is 0 Å². The molecule has 1 aromatic carbocycles. The third-order valence-corrected chi connectivity index (χ3v) is 3.67. The predicted molar refractivity (Wildman–Crippen MR) is 67.8 cm³/mol. The molecule has 0 aromatic heterocycles. The lowest BCUT2D eigenvalue weighted by molar-refractivity contribution is -0.125. The van der Waals surface area contributed by atoms with E-state index < -0.39 is 0 Å². The van der Waals surface area contributed by atoms with Gasteiger partial charge in [0.05, 0.1) is 12.5 Å². The van der Waals surface area contributed by atoms with Gasteiger partial charge >= 0.3 is 0 Å². The van der Waals surface area contributed by atoms with Crippen molar-refractivity contribution in [3.8, 4) is 0 Å². The molecule has 0 radical (unpaired) electrons. The van der Waals surface area contributed by atoms with Gasteiger partial charge in [-0.15, -0.1) is 0 Å². The molecule has 1 unspecified atom stereocenters. The number of fused-ring (bicyclic) bond motifs is 1. The molecular weight excluding hydrogens is 228 g/mol. The lowest BCUT2D eigenvalue weighted by Gasteiger charge is -2.10. The number of ether oxygens (including phenoxy) is 1. The molecule has 1 fully saturated rings. The molecule has 0 spiro atoms. The maximum atomic E-state index is 11.8. The lowest BCUT2D eigenvalue weighted by atomic mass is 10.1. The zero-order chi connectivity index (χ0) is 12.4. The molecule has 0 aliphatic carbocycles. The molecule has 4 heteroatoms. The number of hydrogen-bond donors (Lipinski definition) is 2. The minimum Gasteiger partial charge on any atom is -0.381 e. The summed E-state index contributed by atoms with van der Waals surface area (Å²) < 4.78 is 5.22. The van der Waals surface area contributed by atoms with Crippen molar-refractivity contribution in [1.82, 2.24) is 10.6 Å². The molecule has 0 bridgehead atoms. The first-order valence-corrected chi connectivity index (χ1v) is 6.50. The summed E-state index contributed by atoms with van der Waals surface area (Å²) in [4.78, 5) is 11.8. The van der Waals surface area contributed by atoms with E-state index in [2.05, 4.69) is 28.8 Å². The van der Waals surface area contributed by atoms with E-state index in [0.717, 1.165) is 19.5 Å². The van der Waals surface area contributed by atoms with Crippen molar-refractivity contribution in [2.75, 3.05) is 13.2 Å². The van der Waals surface area contributed by atoms with Gasteiger partial charge in [0, 0.05) is 26.2 Å². The number of benzene rings is 1. The normalized spacial score (nSPS) is 21.9. The van der Waals surface area contributed by atoms with Crippen LogP contribution in [0.15, 0.2) is 18.2 Å². The van der Waals surface area contributed by atoms with E-state index in [9.17, 15) is 4.79 Å². The van der Waals surface area contributed by atoms with E-state index in [-0.39, 0.29) is 11.8 Å². The van der Waals surface area contributed by atoms with Gasteiger partial charge in [0.1, 0.15) is 0 Å². The van der Waals surface area contributed by atoms with Crippen molar-refractivity contribution in [2.45, 2.75) is 26.1 Å². The summed E-state index contributed by atoms with van der Waals surface area (Å²) in [5.41, 5.74) is 3.89. The van der Waals surface area contributed by atoms with E-state index in [0.29, 0.717) is 19.8 Å². The van der Waals surface area contributed by atoms with E-state index in [4.69, 9.17) is 4.74 Å². The monoisotopic (exact) mass is 246 g/mol. The highest BCUT2D eigenvalue weighted by Crippen LogP contribution is 2.17. The molecule has 3 rings (SSSR count). The second-order valence-corrected chi connectivity index (χ2v) is 4.98. The SMILES string of the molecule is O=C(NCc1ccc2c(c1)CNC2)C1CCOC1. The number of carbonyl (C=O) groups is 1. The minimum atomic E-state index is 0.0427. The van der Waals surface area contributed by atoms with E-state index in [1.54, 1.807) is 0 Å². The predicted octanol–water partition coefficient (Wildman–Crippen LogP) is 0.942. The van der Waals surface area contributed by atoms with Crippen LogP contribution in [0.2, 0.25) is 0 Å². The Morgan fingerprint density at radius 3 is 3.11 bits per heavy atom. The van der Waals surface area contributed by atoms with Crippen LogP contribution in [-0.2, 0) is 29.2 Å². The molecule has 2 N–H and O–H groups in total. The highest BCUT2D eigenvalue weighted by molar-refractivity contribution is 5.78. The standard InChI is InChI=1S/C14H18N2O2/c17-14(12-3-4-18-9-12)16-6-10-1-2-11-7-15-8-13(11)5-10/h1-2,5,12,15H,3-4,6-9H2,(H,16,17). The first-order chi connectivity index (χ1) is 8.83. The first kappa shape index (κ1) is 11.7. The van der Waals surface area contributed by atoms with Crippen LogP contribution in [0.25, 0.3) is 0 Å². The Kier molecular flexibility index (Phi) is 3.30. The summed E-state index contributed by atoms with van der Waals surface area (Å²) in [7, 11) is 0. The maximum absolute atomic E-state index is 11.8. The number of carbonyl (C=O) groups excluding carboxylic acids is 1. The lowest BCUT2D eigenvalue weighted by Crippen LogP contribution is -2.30. The summed E-state index contributed by atoms with van der Waals surface area (Å²) in [6.07, 6.45) is 0.847. The van der Waals surface area contributed by atoms with Crippen LogP contribution < -0.4 is 10.6 Å². The van der Waals surface area contributed by atoms with Gasteiger partial charge in [0.25, 0.3) is 0 Å². The maximum Gasteiger partial charge on any atom is 0.225 e. The van der Waals surface area contributed by atoms with Gasteiger partial charge in [0.2, 0.25) is 5.91 Å². The fraction of sp³-hybridized carbons (Fsp3) is 0.500. The first-order valence-electron chi connectivity index (χ1n) is 6.50. The zero-order valence-electron chi connectivity index (χ0n) is 10.4. The molecule has 96 valence electrons. The Morgan fingerprint density at radius 2 is 2.28 bits per heavy atom. The van der Waals surface area contributed by atoms with Crippen molar-refractivity contribution < 1.29 is 9.53 Å². The van der Waals surface area contributed by atoms with Crippen LogP contribution in [0.3, 0.4) is 0 Å². The van der Waals surface area contributed by atoms with E-state index in [1.807, 2.05) is 0 Å². The average Bonchev–Trinajstić information content (AvgIpc) is 3.05. The smallest absolute Gasteiger partial charge is 0.225 e. The van der Waals surface area contributed by atoms with Crippen molar-refractivity contribution in [2.24, 2.45) is 5.92 Å². The molecule has 1 saturated heterocycles. The van der Waals surface area contributed by atoms with E-state index in [1.165, 1.54) is 16.7 Å². The molecule has 1 amide bonds. The molecule has 18 heavy (non-hydrogen) atoms. The second-order valence-electron chi connectivity index (χ2n) is 4.98. The van der Waals surface area contributed by atoms with Gasteiger partial charge in [-0.25, -0.2) is 0 Å². The Bertz CT molecular complexity index is 453. The fourth-order valence-electron chi connectivity index (χ4n) is 2.53. The Labute approximate surface area is 107 Å². The van der Waals surface area contributed by atoms with Crippen molar-refractivity contribution in [1.29, 1.82) is 0 Å². The Balaban J connectivity index is 1.58. The summed E-state index contributed by atoms with van der Waals surface area (Å²) in [6.45, 7) is 3.79. The molecule has 2 aliphatic rings. The number of rotatable bonds is 3. The molecule has 1 aromatic rings. The summed E-state index contributed by atoms with van der Waals surface area (Å²) in [5.74, 6) is 0.159. The van der Waals surface area contributed by atoms with Gasteiger partial charge < -0.3 is 15.4 Å². The fourth-order valence-corrected chi connectivity index (χ4v) is 2.53. The van der Waals surface area contributed by atoms with Crippen molar-refractivity contribution in [3.05, 3.63) is 34.9 Å². The van der Waals surface area contributed by atoms with Gasteiger partial charge in [-0.2, -0.15) is 0 Å². The van der Waals surface area contributed by atoms with Gasteiger partial charge in [-0.3, -0.25) is 4.79 Å². The molecule has 0 saturated carbocycles. The molecular formula is C14H18N2O2. The molecule has 1 atom stereocenters. The second kappa shape index (κ2) is 5.08. The third kappa shape index (κ3) is 2.40. The van der Waals surface area contributed by atoms with Crippen LogP contribution >= 0.6 is 0 Å². The van der Waals surface area contributed by atoms with Crippen molar-refractivity contribution in [3.63, 3.8) is 0 Å². The molecule has 2 aliphatic heterocycles. The largest absolute Gasteiger partial charge is 0.381 e. The van der Waals surface area contributed by atoms with Crippen LogP contribution in [0, 0.1) is 5.92 Å². The topological polar surface area (TPSA) is 50.4 Å². The zero-order valence-corrected chi connectivity index (χ0v) is 10.4. The van der Waals surface area contributed by atoms with Crippen LogP contribution in [0.5, 0.6) is 0 Å². The molecule has 2 heterocycles. The minimum absolute atomic E-state index is 0.0427. The number of nitrogens with one attached hydrogen (secondary N) is 2. The summed E-state index contributed by atoms with van der Waals surface area (Å²) in [6, 6.07) is 6.42. The number of hydrogen-bond acceptors (Lipinski definition) is 3. The Morgan fingerprint density at radius 1 is 1.39 bits per heavy atom. The van der Waals surface area contributed by atoms with Gasteiger partial charge in [-0.1, -0.05) is 18.2 Å². The van der Waals surface area contributed by atoms with Crippen LogP contribution in [0.1, 0.15) is 23.1 Å². The van der Waals surface area contributed by atoms with E-state index >= 15 is 0 Å². The average molecular weight is 246 g/mol. The number of amides is 1.